The molecule has 1 N–H and O–H groups in total. The Balaban J connectivity index is 1.94. The van der Waals surface area contributed by atoms with Crippen LogP contribution in [0.3, 0.4) is 0 Å². The van der Waals surface area contributed by atoms with Crippen LogP contribution in [0.2, 0.25) is 0 Å². The van der Waals surface area contributed by atoms with Crippen molar-refractivity contribution in [2.45, 2.75) is 25.4 Å². The maximum absolute atomic E-state index is 11.3. The van der Waals surface area contributed by atoms with E-state index in [1.165, 1.54) is 4.88 Å². The zero-order valence-electron chi connectivity index (χ0n) is 10.5. The molecule has 0 aliphatic heterocycles. The van der Waals surface area contributed by atoms with Gasteiger partial charge in [-0.05, 0) is 36.4 Å². The number of aromatic carboxylic acids is 1. The van der Waals surface area contributed by atoms with E-state index in [9.17, 15) is 9.90 Å². The molecule has 0 radical (unpaired) electrons. The molecule has 1 saturated carbocycles. The van der Waals surface area contributed by atoms with Gasteiger partial charge in [-0.15, -0.1) is 11.3 Å². The highest BCUT2D eigenvalue weighted by Gasteiger charge is 2.31. The van der Waals surface area contributed by atoms with Crippen molar-refractivity contribution in [1.82, 2.24) is 0 Å². The summed E-state index contributed by atoms with van der Waals surface area (Å²) in [4.78, 5) is 14.8. The molecule has 0 atom stereocenters. The second-order valence-electron chi connectivity index (χ2n) is 4.76. The van der Waals surface area contributed by atoms with Crippen molar-refractivity contribution >= 4 is 23.0 Å². The summed E-state index contributed by atoms with van der Waals surface area (Å²) in [5.74, 6) is -0.854. The van der Waals surface area contributed by atoms with Crippen molar-refractivity contribution in [3.05, 3.63) is 52.2 Å². The third-order valence-electron chi connectivity index (χ3n) is 3.34. The first-order chi connectivity index (χ1) is 9.25. The van der Waals surface area contributed by atoms with Gasteiger partial charge in [-0.3, -0.25) is 0 Å². The van der Waals surface area contributed by atoms with Gasteiger partial charge in [-0.25, -0.2) is 4.79 Å². The Hall–Kier alpha value is -1.81. The van der Waals surface area contributed by atoms with Crippen molar-refractivity contribution in [2.75, 3.05) is 4.90 Å². The molecule has 0 spiro atoms. The van der Waals surface area contributed by atoms with E-state index >= 15 is 0 Å². The number of nitrogens with zero attached hydrogens (tertiary/aromatic N) is 1. The minimum Gasteiger partial charge on any atom is -0.478 e. The van der Waals surface area contributed by atoms with E-state index in [-0.39, 0.29) is 0 Å². The van der Waals surface area contributed by atoms with E-state index in [0.717, 1.165) is 25.1 Å². The number of hydrogen-bond acceptors (Lipinski definition) is 3. The van der Waals surface area contributed by atoms with Crippen LogP contribution in [0, 0.1) is 0 Å². The first-order valence-electron chi connectivity index (χ1n) is 6.37. The molecule has 3 nitrogen and oxygen atoms in total. The fourth-order valence-electron chi connectivity index (χ4n) is 2.27. The summed E-state index contributed by atoms with van der Waals surface area (Å²) in [7, 11) is 0. The van der Waals surface area contributed by atoms with Gasteiger partial charge in [-0.2, -0.15) is 0 Å². The van der Waals surface area contributed by atoms with E-state index in [4.69, 9.17) is 0 Å². The number of carboxylic acid groups (broad SMARTS) is 1. The third kappa shape index (κ3) is 2.63. The topological polar surface area (TPSA) is 40.5 Å². The summed E-state index contributed by atoms with van der Waals surface area (Å²) in [5.41, 5.74) is 1.23. The van der Waals surface area contributed by atoms with E-state index < -0.39 is 5.97 Å². The molecule has 0 amide bonds. The van der Waals surface area contributed by atoms with Crippen LogP contribution in [-0.4, -0.2) is 17.1 Å². The molecule has 0 unspecified atom stereocenters. The normalized spacial score (nSPS) is 14.3. The molecule has 0 saturated heterocycles. The van der Waals surface area contributed by atoms with Crippen LogP contribution in [-0.2, 0) is 6.54 Å². The predicted molar refractivity (Wildman–Crippen MR) is 76.9 cm³/mol. The number of hydrogen-bond donors (Lipinski definition) is 1. The summed E-state index contributed by atoms with van der Waals surface area (Å²) in [6.07, 6.45) is 2.30. The average Bonchev–Trinajstić information content (AvgIpc) is 3.13. The lowest BCUT2D eigenvalue weighted by atomic mass is 10.1. The maximum atomic E-state index is 11.3. The average molecular weight is 273 g/mol. The Morgan fingerprint density at radius 3 is 2.68 bits per heavy atom. The highest BCUT2D eigenvalue weighted by Crippen LogP contribution is 2.35. The van der Waals surface area contributed by atoms with Crippen molar-refractivity contribution in [3.63, 3.8) is 0 Å². The summed E-state index contributed by atoms with van der Waals surface area (Å²) in [6, 6.07) is 11.9. The second-order valence-corrected chi connectivity index (χ2v) is 5.79. The van der Waals surface area contributed by atoms with Crippen LogP contribution in [0.5, 0.6) is 0 Å². The first-order valence-corrected chi connectivity index (χ1v) is 7.25. The molecule has 1 aromatic carbocycles. The summed E-state index contributed by atoms with van der Waals surface area (Å²) in [6.45, 7) is 0.798. The smallest absolute Gasteiger partial charge is 0.337 e. The third-order valence-corrected chi connectivity index (χ3v) is 4.20. The van der Waals surface area contributed by atoms with Crippen molar-refractivity contribution in [1.29, 1.82) is 0 Å². The van der Waals surface area contributed by atoms with Crippen LogP contribution >= 0.6 is 11.3 Å². The van der Waals surface area contributed by atoms with E-state index in [1.54, 1.807) is 23.5 Å². The van der Waals surface area contributed by atoms with Gasteiger partial charge in [0.1, 0.15) is 0 Å². The number of thiophene rings is 1. The Morgan fingerprint density at radius 2 is 2.05 bits per heavy atom. The van der Waals surface area contributed by atoms with E-state index in [2.05, 4.69) is 16.3 Å². The van der Waals surface area contributed by atoms with Gasteiger partial charge in [0.15, 0.2) is 0 Å². The van der Waals surface area contributed by atoms with Gasteiger partial charge in [0, 0.05) is 10.9 Å². The van der Waals surface area contributed by atoms with Gasteiger partial charge in [0.05, 0.1) is 17.8 Å². The van der Waals surface area contributed by atoms with Crippen molar-refractivity contribution in [3.8, 4) is 0 Å². The Kier molecular flexibility index (Phi) is 3.25. The fraction of sp³-hybridized carbons (Fsp3) is 0.267. The summed E-state index contributed by atoms with van der Waals surface area (Å²) in [5, 5.41) is 11.4. The van der Waals surface area contributed by atoms with Gasteiger partial charge in [0.2, 0.25) is 0 Å². The molecule has 3 rings (SSSR count). The van der Waals surface area contributed by atoms with E-state index in [1.807, 2.05) is 18.2 Å². The number of anilines is 1. The Labute approximate surface area is 116 Å². The molecule has 4 heteroatoms. The molecule has 2 aromatic rings. The Bertz CT molecular complexity index is 576. The lowest BCUT2D eigenvalue weighted by Crippen LogP contribution is -2.26. The molecule has 1 aliphatic carbocycles. The highest BCUT2D eigenvalue weighted by molar-refractivity contribution is 7.09. The fourth-order valence-corrected chi connectivity index (χ4v) is 2.98. The standard InChI is InChI=1S/C15H15NO2S/c17-15(18)13-5-1-2-6-14(13)16(11-7-8-11)10-12-4-3-9-19-12/h1-6,9,11H,7-8,10H2,(H,17,18). The highest BCUT2D eigenvalue weighted by atomic mass is 32.1. The number of benzene rings is 1. The molecular formula is C15H15NO2S. The van der Waals surface area contributed by atoms with Crippen molar-refractivity contribution in [2.24, 2.45) is 0 Å². The molecule has 1 aliphatic rings. The number of carbonyl (C=O) groups is 1. The molecule has 0 bridgehead atoms. The number of para-hydroxylation sites is 1. The quantitative estimate of drug-likeness (QED) is 0.904. The van der Waals surface area contributed by atoms with Crippen LogP contribution in [0.1, 0.15) is 28.1 Å². The van der Waals surface area contributed by atoms with Gasteiger partial charge in [-0.1, -0.05) is 18.2 Å². The van der Waals surface area contributed by atoms with Crippen LogP contribution in [0.25, 0.3) is 0 Å². The Morgan fingerprint density at radius 1 is 1.26 bits per heavy atom. The zero-order valence-corrected chi connectivity index (χ0v) is 11.3. The number of carboxylic acids is 1. The number of rotatable bonds is 5. The van der Waals surface area contributed by atoms with Gasteiger partial charge < -0.3 is 10.0 Å². The molecule has 1 fully saturated rings. The second kappa shape index (κ2) is 5.05. The molecular weight excluding hydrogens is 258 g/mol. The largest absolute Gasteiger partial charge is 0.478 e. The predicted octanol–water partition coefficient (Wildman–Crippen LogP) is 3.62. The lowest BCUT2D eigenvalue weighted by molar-refractivity contribution is 0.0697. The van der Waals surface area contributed by atoms with Gasteiger partial charge in [0.25, 0.3) is 0 Å². The lowest BCUT2D eigenvalue weighted by Gasteiger charge is -2.25. The van der Waals surface area contributed by atoms with Crippen LogP contribution in [0.4, 0.5) is 5.69 Å². The SMILES string of the molecule is O=C(O)c1ccccc1N(Cc1cccs1)C1CC1. The zero-order chi connectivity index (χ0) is 13.2. The summed E-state index contributed by atoms with van der Waals surface area (Å²) >= 11 is 1.72. The molecule has 19 heavy (non-hydrogen) atoms. The van der Waals surface area contributed by atoms with Crippen molar-refractivity contribution < 1.29 is 9.90 Å². The summed E-state index contributed by atoms with van der Waals surface area (Å²) < 4.78 is 0. The van der Waals surface area contributed by atoms with Crippen LogP contribution in [0.15, 0.2) is 41.8 Å². The monoisotopic (exact) mass is 273 g/mol. The van der Waals surface area contributed by atoms with Crippen LogP contribution < -0.4 is 4.90 Å². The molecule has 1 heterocycles. The molecule has 98 valence electrons. The van der Waals surface area contributed by atoms with Gasteiger partial charge >= 0.3 is 5.97 Å². The first kappa shape index (κ1) is 12.2. The minimum atomic E-state index is -0.854. The molecule has 1 aromatic heterocycles. The van der Waals surface area contributed by atoms with E-state index in [0.29, 0.717) is 11.6 Å². The minimum absolute atomic E-state index is 0.394. The maximum Gasteiger partial charge on any atom is 0.337 e.